The maximum Gasteiger partial charge on any atom is 0.354 e. The smallest absolute Gasteiger partial charge is 0.354 e. The number of hydrogen-bond donors (Lipinski definition) is 1. The zero-order valence-electron chi connectivity index (χ0n) is 11.9. The van der Waals surface area contributed by atoms with Gasteiger partial charge in [-0.2, -0.15) is 0 Å². The minimum atomic E-state index is -1.10. The van der Waals surface area contributed by atoms with Gasteiger partial charge in [-0.15, -0.1) is 0 Å². The second kappa shape index (κ2) is 5.48. The maximum atomic E-state index is 11.5. The monoisotopic (exact) mass is 298 g/mol. The molecule has 0 aliphatic carbocycles. The summed E-state index contributed by atoms with van der Waals surface area (Å²) in [6.07, 6.45) is 2.17. The molecule has 1 aromatic carbocycles. The van der Waals surface area contributed by atoms with E-state index in [9.17, 15) is 9.59 Å². The lowest BCUT2D eigenvalue weighted by atomic mass is 10.1. The van der Waals surface area contributed by atoms with Crippen LogP contribution in [0.3, 0.4) is 0 Å². The predicted octanol–water partition coefficient (Wildman–Crippen LogP) is 2.48. The third-order valence-electron chi connectivity index (χ3n) is 3.51. The highest BCUT2D eigenvalue weighted by molar-refractivity contribution is 5.93. The number of carboxylic acid groups (broad SMARTS) is 1. The van der Waals surface area contributed by atoms with E-state index in [2.05, 4.69) is 4.98 Å². The number of fused-ring (bicyclic) bond motifs is 1. The number of carbonyl (C=O) groups excluding carboxylic acids is 1. The Labute approximate surface area is 127 Å². The number of ether oxygens (including phenoxy) is 1. The molecule has 0 atom stereocenters. The first-order valence-corrected chi connectivity index (χ1v) is 6.83. The van der Waals surface area contributed by atoms with Gasteiger partial charge in [0.2, 0.25) is 5.91 Å². The van der Waals surface area contributed by atoms with Crippen molar-refractivity contribution in [3.05, 3.63) is 47.8 Å². The number of aromatic nitrogens is 1. The zero-order chi connectivity index (χ0) is 15.7. The normalized spacial score (nSPS) is 12.9. The van der Waals surface area contributed by atoms with Crippen molar-refractivity contribution >= 4 is 17.6 Å². The fourth-order valence-corrected chi connectivity index (χ4v) is 2.50. The van der Waals surface area contributed by atoms with Crippen molar-refractivity contribution in [2.24, 2.45) is 0 Å². The molecule has 1 aromatic heterocycles. The van der Waals surface area contributed by atoms with Gasteiger partial charge >= 0.3 is 5.97 Å². The van der Waals surface area contributed by atoms with Gasteiger partial charge in [0.1, 0.15) is 11.5 Å². The summed E-state index contributed by atoms with van der Waals surface area (Å²) in [6.45, 7) is 2.22. The van der Waals surface area contributed by atoms with Gasteiger partial charge in [0, 0.05) is 31.4 Å². The van der Waals surface area contributed by atoms with Gasteiger partial charge in [-0.1, -0.05) is 0 Å². The average molecular weight is 298 g/mol. The fourth-order valence-electron chi connectivity index (χ4n) is 2.50. The van der Waals surface area contributed by atoms with Gasteiger partial charge in [0.25, 0.3) is 0 Å². The quantitative estimate of drug-likeness (QED) is 0.941. The van der Waals surface area contributed by atoms with Crippen LogP contribution in [0.2, 0.25) is 0 Å². The molecule has 6 heteroatoms. The molecule has 1 N–H and O–H groups in total. The molecule has 0 bridgehead atoms. The number of nitrogens with zero attached hydrogens (tertiary/aromatic N) is 2. The first-order valence-electron chi connectivity index (χ1n) is 6.83. The molecule has 0 saturated carbocycles. The van der Waals surface area contributed by atoms with Crippen molar-refractivity contribution in [3.8, 4) is 11.5 Å². The SMILES string of the molecule is CC(=O)N1CCc2cc(Oc3ccnc(C(=O)O)c3)ccc21. The van der Waals surface area contributed by atoms with E-state index in [1.807, 2.05) is 12.1 Å². The Morgan fingerprint density at radius 1 is 1.23 bits per heavy atom. The van der Waals surface area contributed by atoms with Crippen LogP contribution < -0.4 is 9.64 Å². The Morgan fingerprint density at radius 2 is 2.00 bits per heavy atom. The van der Waals surface area contributed by atoms with E-state index in [4.69, 9.17) is 9.84 Å². The Balaban J connectivity index is 1.84. The molecule has 0 saturated heterocycles. The molecule has 2 aromatic rings. The second-order valence-electron chi connectivity index (χ2n) is 5.00. The number of benzene rings is 1. The van der Waals surface area contributed by atoms with Crippen LogP contribution in [0.5, 0.6) is 11.5 Å². The van der Waals surface area contributed by atoms with Gasteiger partial charge in [0.05, 0.1) is 0 Å². The molecule has 0 fully saturated rings. The minimum absolute atomic E-state index is 0.0210. The van der Waals surface area contributed by atoms with Gasteiger partial charge < -0.3 is 14.7 Å². The molecule has 2 heterocycles. The summed E-state index contributed by atoms with van der Waals surface area (Å²) in [4.78, 5) is 27.9. The second-order valence-corrected chi connectivity index (χ2v) is 5.00. The molecule has 0 radical (unpaired) electrons. The first kappa shape index (κ1) is 14.1. The van der Waals surface area contributed by atoms with E-state index >= 15 is 0 Å². The van der Waals surface area contributed by atoms with Crippen LogP contribution in [0.4, 0.5) is 5.69 Å². The minimum Gasteiger partial charge on any atom is -0.477 e. The number of carboxylic acids is 1. The van der Waals surface area contributed by atoms with Gasteiger partial charge in [-0.3, -0.25) is 4.79 Å². The zero-order valence-corrected chi connectivity index (χ0v) is 11.9. The van der Waals surface area contributed by atoms with Crippen LogP contribution in [0, 0.1) is 0 Å². The fraction of sp³-hybridized carbons (Fsp3) is 0.188. The number of anilines is 1. The predicted molar refractivity (Wildman–Crippen MR) is 79.4 cm³/mol. The molecular formula is C16H14N2O4. The van der Waals surface area contributed by atoms with Crippen molar-refractivity contribution in [3.63, 3.8) is 0 Å². The summed E-state index contributed by atoms with van der Waals surface area (Å²) >= 11 is 0. The van der Waals surface area contributed by atoms with E-state index in [1.54, 1.807) is 24.0 Å². The summed E-state index contributed by atoms with van der Waals surface area (Å²) in [5.74, 6) is -0.0652. The summed E-state index contributed by atoms with van der Waals surface area (Å²) in [5, 5.41) is 8.93. The lowest BCUT2D eigenvalue weighted by molar-refractivity contribution is -0.116. The molecule has 1 amide bonds. The maximum absolute atomic E-state index is 11.5. The van der Waals surface area contributed by atoms with Crippen molar-refractivity contribution in [1.29, 1.82) is 0 Å². The van der Waals surface area contributed by atoms with E-state index in [1.165, 1.54) is 12.3 Å². The van der Waals surface area contributed by atoms with Crippen LogP contribution in [-0.4, -0.2) is 28.5 Å². The van der Waals surface area contributed by atoms with E-state index in [-0.39, 0.29) is 11.6 Å². The van der Waals surface area contributed by atoms with Crippen molar-refractivity contribution in [1.82, 2.24) is 4.98 Å². The summed E-state index contributed by atoms with van der Waals surface area (Å²) in [6, 6.07) is 8.46. The van der Waals surface area contributed by atoms with Gasteiger partial charge in [-0.05, 0) is 36.2 Å². The van der Waals surface area contributed by atoms with E-state index in [0.717, 1.165) is 17.7 Å². The number of hydrogen-bond acceptors (Lipinski definition) is 4. The molecule has 0 spiro atoms. The molecular weight excluding hydrogens is 284 g/mol. The van der Waals surface area contributed by atoms with Gasteiger partial charge in [0.15, 0.2) is 5.69 Å². The van der Waals surface area contributed by atoms with Crippen LogP contribution in [-0.2, 0) is 11.2 Å². The molecule has 0 unspecified atom stereocenters. The Bertz CT molecular complexity index is 758. The van der Waals surface area contributed by atoms with E-state index < -0.39 is 5.97 Å². The summed E-state index contributed by atoms with van der Waals surface area (Å²) in [5.41, 5.74) is 1.88. The van der Waals surface area contributed by atoms with Crippen LogP contribution in [0.15, 0.2) is 36.5 Å². The Morgan fingerprint density at radius 3 is 2.73 bits per heavy atom. The number of amides is 1. The summed E-state index contributed by atoms with van der Waals surface area (Å²) in [7, 11) is 0. The number of aromatic carboxylic acids is 1. The highest BCUT2D eigenvalue weighted by Gasteiger charge is 2.22. The molecule has 22 heavy (non-hydrogen) atoms. The molecule has 3 rings (SSSR count). The van der Waals surface area contributed by atoms with Crippen LogP contribution in [0.25, 0.3) is 0 Å². The molecule has 112 valence electrons. The van der Waals surface area contributed by atoms with Crippen molar-refractivity contribution in [2.75, 3.05) is 11.4 Å². The largest absolute Gasteiger partial charge is 0.477 e. The lowest BCUT2D eigenvalue weighted by Crippen LogP contribution is -2.25. The van der Waals surface area contributed by atoms with Crippen LogP contribution in [0.1, 0.15) is 23.0 Å². The number of carbonyl (C=O) groups is 2. The van der Waals surface area contributed by atoms with Crippen molar-refractivity contribution < 1.29 is 19.4 Å². The molecule has 1 aliphatic rings. The van der Waals surface area contributed by atoms with Crippen LogP contribution >= 0.6 is 0 Å². The number of rotatable bonds is 3. The van der Waals surface area contributed by atoms with Crippen molar-refractivity contribution in [2.45, 2.75) is 13.3 Å². The third-order valence-corrected chi connectivity index (χ3v) is 3.51. The van der Waals surface area contributed by atoms with E-state index in [0.29, 0.717) is 18.0 Å². The average Bonchev–Trinajstić information content (AvgIpc) is 2.90. The topological polar surface area (TPSA) is 79.7 Å². The Hall–Kier alpha value is -2.89. The summed E-state index contributed by atoms with van der Waals surface area (Å²) < 4.78 is 5.68. The number of pyridine rings is 1. The van der Waals surface area contributed by atoms with Gasteiger partial charge in [-0.25, -0.2) is 9.78 Å². The lowest BCUT2D eigenvalue weighted by Gasteiger charge is -2.15. The Kier molecular flexibility index (Phi) is 3.50. The highest BCUT2D eigenvalue weighted by Crippen LogP contribution is 2.33. The standard InChI is InChI=1S/C16H14N2O4/c1-10(19)18-7-5-11-8-12(2-3-15(11)18)22-13-4-6-17-14(9-13)16(20)21/h2-4,6,8-9H,5,7H2,1H3,(H,20,21). The highest BCUT2D eigenvalue weighted by atomic mass is 16.5. The molecule has 1 aliphatic heterocycles. The first-order chi connectivity index (χ1) is 10.5. The third kappa shape index (κ3) is 2.63. The molecule has 6 nitrogen and oxygen atoms in total.